The summed E-state index contributed by atoms with van der Waals surface area (Å²) in [7, 11) is 0. The van der Waals surface area contributed by atoms with Crippen molar-refractivity contribution in [2.75, 3.05) is 11.4 Å². The predicted molar refractivity (Wildman–Crippen MR) is 111 cm³/mol. The fraction of sp³-hybridized carbons (Fsp3) is 0.391. The number of rotatable bonds is 0. The minimum atomic E-state index is -0.314. The number of carbonyl (C=O) groups is 1. The van der Waals surface area contributed by atoms with Gasteiger partial charge in [-0.05, 0) is 43.4 Å². The van der Waals surface area contributed by atoms with Crippen molar-refractivity contribution in [3.63, 3.8) is 0 Å². The molecule has 1 N–H and O–H groups in total. The van der Waals surface area contributed by atoms with Crippen LogP contribution in [0.3, 0.4) is 0 Å². The molecule has 1 saturated heterocycles. The van der Waals surface area contributed by atoms with Crippen LogP contribution in [0.5, 0.6) is 0 Å². The fourth-order valence-corrected chi connectivity index (χ4v) is 5.46. The molecule has 3 aromatic rings. The molecule has 0 radical (unpaired) electrons. The molecule has 1 amide bonds. The van der Waals surface area contributed by atoms with Gasteiger partial charge in [-0.15, -0.1) is 0 Å². The lowest BCUT2D eigenvalue weighted by molar-refractivity contribution is 0.0930. The van der Waals surface area contributed by atoms with Gasteiger partial charge in [-0.3, -0.25) is 9.78 Å². The first-order valence-electron chi connectivity index (χ1n) is 10.9. The Morgan fingerprint density at radius 2 is 2.10 bits per heavy atom. The summed E-state index contributed by atoms with van der Waals surface area (Å²) in [5.74, 6) is 1.05. The van der Waals surface area contributed by atoms with Crippen molar-refractivity contribution in [2.24, 2.45) is 11.8 Å². The zero-order valence-electron chi connectivity index (χ0n) is 16.8. The minimum absolute atomic E-state index is 0.0194. The highest BCUT2D eigenvalue weighted by molar-refractivity contribution is 6.00. The zero-order valence-corrected chi connectivity index (χ0v) is 16.8. The lowest BCUT2D eigenvalue weighted by Gasteiger charge is -2.31. The maximum Gasteiger partial charge on any atom is 0.257 e. The van der Waals surface area contributed by atoms with Crippen LogP contribution < -0.4 is 10.2 Å². The third-order valence-electron chi connectivity index (χ3n) is 7.44. The summed E-state index contributed by atoms with van der Waals surface area (Å²) in [6.45, 7) is 0.810. The van der Waals surface area contributed by atoms with E-state index in [1.165, 1.54) is 6.20 Å². The molecule has 1 saturated carbocycles. The minimum Gasteiger partial charge on any atom is -0.348 e. The molecule has 3 atom stereocenters. The Kier molecular flexibility index (Phi) is 3.31. The number of aryl methyl sites for hydroxylation is 1. The fourth-order valence-electron chi connectivity index (χ4n) is 5.46. The number of nitrogens with one attached hydrogen (secondary N) is 1. The van der Waals surface area contributed by atoms with Gasteiger partial charge in [0.1, 0.15) is 17.2 Å². The second-order valence-electron chi connectivity index (χ2n) is 9.26. The quantitative estimate of drug-likeness (QED) is 0.571. The SMILES string of the molecule is O=C1NC2(CCc3ncc(F)cc3[C@@H]3[C@H]4C=C[C@H]4CN3c3ccn4ncc1c4n3)CC2. The van der Waals surface area contributed by atoms with E-state index < -0.39 is 0 Å². The van der Waals surface area contributed by atoms with Gasteiger partial charge in [0.25, 0.3) is 5.91 Å². The predicted octanol–water partition coefficient (Wildman–Crippen LogP) is 2.84. The number of fused-ring (bicyclic) bond motifs is 7. The van der Waals surface area contributed by atoms with Crippen LogP contribution >= 0.6 is 0 Å². The van der Waals surface area contributed by atoms with E-state index in [-0.39, 0.29) is 23.3 Å². The second kappa shape index (κ2) is 5.90. The number of pyridine rings is 1. The number of hydrogen-bond acceptors (Lipinski definition) is 5. The van der Waals surface area contributed by atoms with Gasteiger partial charge in [-0.2, -0.15) is 5.10 Å². The van der Waals surface area contributed by atoms with Crippen LogP contribution in [0.1, 0.15) is 46.9 Å². The third kappa shape index (κ3) is 2.50. The molecule has 2 aliphatic carbocycles. The summed E-state index contributed by atoms with van der Waals surface area (Å²) < 4.78 is 16.0. The largest absolute Gasteiger partial charge is 0.348 e. The number of amides is 1. The van der Waals surface area contributed by atoms with E-state index in [0.29, 0.717) is 29.5 Å². The van der Waals surface area contributed by atoms with Gasteiger partial charge in [0.2, 0.25) is 0 Å². The third-order valence-corrected chi connectivity index (χ3v) is 7.44. The second-order valence-corrected chi connectivity index (χ2v) is 9.26. The molecule has 2 aliphatic heterocycles. The van der Waals surface area contributed by atoms with Crippen LogP contribution in [0.15, 0.2) is 42.9 Å². The summed E-state index contributed by atoms with van der Waals surface area (Å²) in [6.07, 6.45) is 12.6. The van der Waals surface area contributed by atoms with Crippen molar-refractivity contribution in [1.82, 2.24) is 24.9 Å². The van der Waals surface area contributed by atoms with E-state index >= 15 is 0 Å². The van der Waals surface area contributed by atoms with E-state index in [0.717, 1.165) is 42.9 Å². The smallest absolute Gasteiger partial charge is 0.257 e. The van der Waals surface area contributed by atoms with Crippen molar-refractivity contribution in [1.29, 1.82) is 0 Å². The first kappa shape index (κ1) is 17.4. The average Bonchev–Trinajstić information content (AvgIpc) is 3.27. The molecule has 2 bridgehead atoms. The highest BCUT2D eigenvalue weighted by atomic mass is 19.1. The molecule has 2 fully saturated rings. The number of nitrogens with zero attached hydrogens (tertiary/aromatic N) is 5. The highest BCUT2D eigenvalue weighted by Gasteiger charge is 2.47. The standard InChI is InChI=1S/C23H21FN6O/c24-14-9-16-18(25-10-14)3-5-23(6-7-23)28-22(31)17-11-26-30-8-4-19(27-21(17)30)29-12-13-1-2-15(13)20(16)29/h1-2,4,8-11,13,15,20H,3,5-7,12H2,(H,28,31)/t13-,15-,20-/m0/s1. The summed E-state index contributed by atoms with van der Waals surface area (Å²) >= 11 is 0. The molecular formula is C23H21FN6O. The number of anilines is 1. The number of halogens is 1. The Morgan fingerprint density at radius 1 is 1.19 bits per heavy atom. The molecule has 3 aromatic heterocycles. The van der Waals surface area contributed by atoms with E-state index in [4.69, 9.17) is 4.98 Å². The molecular weight excluding hydrogens is 395 g/mol. The van der Waals surface area contributed by atoms with Gasteiger partial charge in [-0.1, -0.05) is 12.2 Å². The Hall–Kier alpha value is -3.29. The molecule has 4 aliphatic rings. The Labute approximate surface area is 178 Å². The summed E-state index contributed by atoms with van der Waals surface area (Å²) in [6, 6.07) is 3.55. The van der Waals surface area contributed by atoms with Crippen molar-refractivity contribution in [3.8, 4) is 0 Å². The monoisotopic (exact) mass is 416 g/mol. The molecule has 31 heavy (non-hydrogen) atoms. The van der Waals surface area contributed by atoms with E-state index in [1.807, 2.05) is 12.3 Å². The Morgan fingerprint density at radius 3 is 2.90 bits per heavy atom. The van der Waals surface area contributed by atoms with Gasteiger partial charge >= 0.3 is 0 Å². The van der Waals surface area contributed by atoms with Gasteiger partial charge in [0, 0.05) is 35.8 Å². The van der Waals surface area contributed by atoms with Crippen LogP contribution in [0, 0.1) is 17.7 Å². The summed E-state index contributed by atoms with van der Waals surface area (Å²) in [4.78, 5) is 24.7. The number of carbonyl (C=O) groups excluding carboxylic acids is 1. The van der Waals surface area contributed by atoms with Gasteiger partial charge in [0.05, 0.1) is 18.4 Å². The van der Waals surface area contributed by atoms with Gasteiger partial charge < -0.3 is 10.2 Å². The van der Waals surface area contributed by atoms with Crippen molar-refractivity contribution < 1.29 is 9.18 Å². The number of hydrogen-bond donors (Lipinski definition) is 1. The normalized spacial score (nSPS) is 27.6. The molecule has 8 heteroatoms. The van der Waals surface area contributed by atoms with E-state index in [2.05, 4.69) is 32.5 Å². The van der Waals surface area contributed by atoms with Crippen LogP contribution in [0.25, 0.3) is 5.65 Å². The lowest BCUT2D eigenvalue weighted by atomic mass is 9.78. The van der Waals surface area contributed by atoms with Crippen LogP contribution in [0.2, 0.25) is 0 Å². The van der Waals surface area contributed by atoms with Crippen LogP contribution in [0.4, 0.5) is 10.2 Å². The summed E-state index contributed by atoms with van der Waals surface area (Å²) in [5, 5.41) is 7.55. The molecule has 1 spiro atoms. The van der Waals surface area contributed by atoms with Crippen molar-refractivity contribution >= 4 is 17.4 Å². The van der Waals surface area contributed by atoms with Crippen molar-refractivity contribution in [2.45, 2.75) is 37.3 Å². The van der Waals surface area contributed by atoms with Crippen LogP contribution in [-0.2, 0) is 6.42 Å². The Balaban J connectivity index is 1.44. The number of aromatic nitrogens is 4. The van der Waals surface area contributed by atoms with E-state index in [9.17, 15) is 9.18 Å². The van der Waals surface area contributed by atoms with Gasteiger partial charge in [-0.25, -0.2) is 13.9 Å². The average molecular weight is 416 g/mol. The molecule has 7 nitrogen and oxygen atoms in total. The molecule has 0 unspecified atom stereocenters. The van der Waals surface area contributed by atoms with Gasteiger partial charge in [0.15, 0.2) is 5.65 Å². The lowest BCUT2D eigenvalue weighted by Crippen LogP contribution is -2.37. The first-order chi connectivity index (χ1) is 15.1. The maximum atomic E-state index is 14.4. The molecule has 5 heterocycles. The Bertz CT molecular complexity index is 1280. The van der Waals surface area contributed by atoms with Crippen LogP contribution in [-0.4, -0.2) is 37.6 Å². The topological polar surface area (TPSA) is 75.4 Å². The van der Waals surface area contributed by atoms with E-state index in [1.54, 1.807) is 16.8 Å². The molecule has 7 rings (SSSR count). The summed E-state index contributed by atoms with van der Waals surface area (Å²) in [5.41, 5.74) is 2.67. The first-order valence-corrected chi connectivity index (χ1v) is 10.9. The zero-order chi connectivity index (χ0) is 20.7. The maximum absolute atomic E-state index is 14.4. The highest BCUT2D eigenvalue weighted by Crippen LogP contribution is 2.50. The molecule has 156 valence electrons. The van der Waals surface area contributed by atoms with Crippen molar-refractivity contribution in [3.05, 3.63) is 65.5 Å². The molecule has 0 aromatic carbocycles.